The first-order chi connectivity index (χ1) is 10.6. The van der Waals surface area contributed by atoms with Gasteiger partial charge in [-0.15, -0.1) is 0 Å². The average molecular weight is 325 g/mol. The van der Waals surface area contributed by atoms with Crippen LogP contribution in [0.1, 0.15) is 25.3 Å². The second-order valence-corrected chi connectivity index (χ2v) is 6.34. The van der Waals surface area contributed by atoms with Gasteiger partial charge in [-0.1, -0.05) is 6.92 Å². The van der Waals surface area contributed by atoms with Gasteiger partial charge in [-0.25, -0.2) is 4.79 Å². The third kappa shape index (κ3) is 4.99. The van der Waals surface area contributed by atoms with Crippen LogP contribution in [0.2, 0.25) is 0 Å². The van der Waals surface area contributed by atoms with E-state index in [0.717, 1.165) is 25.8 Å². The van der Waals surface area contributed by atoms with Crippen LogP contribution in [0.3, 0.4) is 0 Å². The molecule has 0 radical (unpaired) electrons. The number of amides is 2. The van der Waals surface area contributed by atoms with Crippen LogP contribution in [-0.2, 0) is 11.2 Å². The predicted molar refractivity (Wildman–Crippen MR) is 86.3 cm³/mol. The first kappa shape index (κ1) is 16.8. The van der Waals surface area contributed by atoms with E-state index in [4.69, 9.17) is 5.11 Å². The molecule has 0 unspecified atom stereocenters. The molecule has 0 bridgehead atoms. The fourth-order valence-electron chi connectivity index (χ4n) is 2.67. The molecule has 0 aromatic carbocycles. The van der Waals surface area contributed by atoms with Gasteiger partial charge < -0.3 is 15.7 Å². The summed E-state index contributed by atoms with van der Waals surface area (Å²) in [4.78, 5) is 24.5. The summed E-state index contributed by atoms with van der Waals surface area (Å²) in [6.07, 6.45) is 2.48. The van der Waals surface area contributed by atoms with E-state index in [2.05, 4.69) is 22.1 Å². The highest BCUT2D eigenvalue weighted by Crippen LogP contribution is 2.25. The summed E-state index contributed by atoms with van der Waals surface area (Å²) in [7, 11) is 0. The van der Waals surface area contributed by atoms with Gasteiger partial charge in [-0.05, 0) is 48.2 Å². The van der Waals surface area contributed by atoms with E-state index >= 15 is 0 Å². The van der Waals surface area contributed by atoms with Crippen molar-refractivity contribution in [3.8, 4) is 0 Å². The fourth-order valence-corrected chi connectivity index (χ4v) is 3.37. The first-order valence-corrected chi connectivity index (χ1v) is 8.54. The van der Waals surface area contributed by atoms with Gasteiger partial charge in [0, 0.05) is 18.6 Å². The minimum absolute atomic E-state index is 0.0702. The number of hydrogen-bond acceptors (Lipinski definition) is 4. The van der Waals surface area contributed by atoms with Crippen LogP contribution < -0.4 is 10.6 Å². The SMILES string of the molecule is CCN(CC(=O)O)C1CC(NC(=O)NCCc2ccsc2)C1. The lowest BCUT2D eigenvalue weighted by Crippen LogP contribution is -2.56. The van der Waals surface area contributed by atoms with Gasteiger partial charge in [-0.3, -0.25) is 9.69 Å². The highest BCUT2D eigenvalue weighted by atomic mass is 32.1. The van der Waals surface area contributed by atoms with Gasteiger partial charge in [0.1, 0.15) is 0 Å². The molecule has 1 aliphatic rings. The van der Waals surface area contributed by atoms with Gasteiger partial charge >= 0.3 is 12.0 Å². The second-order valence-electron chi connectivity index (χ2n) is 5.56. The number of nitrogens with one attached hydrogen (secondary N) is 2. The maximum absolute atomic E-state index is 11.8. The monoisotopic (exact) mass is 325 g/mol. The number of nitrogens with zero attached hydrogens (tertiary/aromatic N) is 1. The molecule has 3 N–H and O–H groups in total. The number of carboxylic acid groups (broad SMARTS) is 1. The van der Waals surface area contributed by atoms with Crippen molar-refractivity contribution >= 4 is 23.3 Å². The molecule has 1 fully saturated rings. The summed E-state index contributed by atoms with van der Waals surface area (Å²) in [6.45, 7) is 3.37. The molecule has 2 amide bonds. The van der Waals surface area contributed by atoms with E-state index in [1.54, 1.807) is 11.3 Å². The van der Waals surface area contributed by atoms with Gasteiger partial charge in [0.05, 0.1) is 6.54 Å². The average Bonchev–Trinajstić information content (AvgIpc) is 2.93. The molecule has 2 rings (SSSR count). The molecule has 1 saturated carbocycles. The van der Waals surface area contributed by atoms with Crippen LogP contribution >= 0.6 is 11.3 Å². The molecule has 122 valence electrons. The van der Waals surface area contributed by atoms with Crippen molar-refractivity contribution in [1.29, 1.82) is 0 Å². The molecule has 1 aromatic heterocycles. The second kappa shape index (κ2) is 8.14. The zero-order valence-electron chi connectivity index (χ0n) is 12.7. The molecule has 0 spiro atoms. The molecular formula is C15H23N3O3S. The summed E-state index contributed by atoms with van der Waals surface area (Å²) in [5.41, 5.74) is 1.24. The van der Waals surface area contributed by atoms with Crippen LogP contribution in [-0.4, -0.2) is 53.7 Å². The zero-order chi connectivity index (χ0) is 15.9. The van der Waals surface area contributed by atoms with Crippen molar-refractivity contribution in [2.24, 2.45) is 0 Å². The number of carbonyl (C=O) groups is 2. The smallest absolute Gasteiger partial charge is 0.317 e. The van der Waals surface area contributed by atoms with E-state index in [1.807, 2.05) is 17.2 Å². The molecule has 0 aliphatic heterocycles. The topological polar surface area (TPSA) is 81.7 Å². The van der Waals surface area contributed by atoms with Crippen molar-refractivity contribution in [3.05, 3.63) is 22.4 Å². The Bertz CT molecular complexity index is 486. The number of thiophene rings is 1. The third-order valence-electron chi connectivity index (χ3n) is 3.99. The van der Waals surface area contributed by atoms with E-state index in [0.29, 0.717) is 6.54 Å². The van der Waals surface area contributed by atoms with Gasteiger partial charge in [-0.2, -0.15) is 11.3 Å². The Morgan fingerprint density at radius 2 is 2.23 bits per heavy atom. The van der Waals surface area contributed by atoms with Crippen LogP contribution in [0.15, 0.2) is 16.8 Å². The van der Waals surface area contributed by atoms with E-state index in [-0.39, 0.29) is 24.7 Å². The Morgan fingerprint density at radius 3 is 2.82 bits per heavy atom. The molecule has 6 nitrogen and oxygen atoms in total. The summed E-state index contributed by atoms with van der Waals surface area (Å²) in [5.74, 6) is -0.801. The van der Waals surface area contributed by atoms with Crippen molar-refractivity contribution in [2.45, 2.75) is 38.3 Å². The number of hydrogen-bond donors (Lipinski definition) is 3. The largest absolute Gasteiger partial charge is 0.480 e. The number of urea groups is 1. The van der Waals surface area contributed by atoms with E-state index in [1.165, 1.54) is 5.56 Å². The summed E-state index contributed by atoms with van der Waals surface area (Å²) in [5, 5.41) is 18.8. The Labute approximate surface area is 134 Å². The normalized spacial score (nSPS) is 20.5. The van der Waals surface area contributed by atoms with Crippen LogP contribution in [0, 0.1) is 0 Å². The lowest BCUT2D eigenvalue weighted by Gasteiger charge is -2.42. The molecule has 1 heterocycles. The fraction of sp³-hybridized carbons (Fsp3) is 0.600. The summed E-state index contributed by atoms with van der Waals surface area (Å²) < 4.78 is 0. The summed E-state index contributed by atoms with van der Waals surface area (Å²) >= 11 is 1.66. The molecule has 22 heavy (non-hydrogen) atoms. The quantitative estimate of drug-likeness (QED) is 0.677. The number of aliphatic carboxylic acids is 1. The van der Waals surface area contributed by atoms with Crippen LogP contribution in [0.25, 0.3) is 0 Å². The molecule has 7 heteroatoms. The predicted octanol–water partition coefficient (Wildman–Crippen LogP) is 1.53. The van der Waals surface area contributed by atoms with Crippen molar-refractivity contribution in [3.63, 3.8) is 0 Å². The number of likely N-dealkylation sites (N-methyl/N-ethyl adjacent to an activating group) is 1. The number of carbonyl (C=O) groups excluding carboxylic acids is 1. The highest BCUT2D eigenvalue weighted by Gasteiger charge is 2.34. The Morgan fingerprint density at radius 1 is 1.45 bits per heavy atom. The van der Waals surface area contributed by atoms with E-state index in [9.17, 15) is 9.59 Å². The molecule has 0 saturated heterocycles. The first-order valence-electron chi connectivity index (χ1n) is 7.59. The Kier molecular flexibility index (Phi) is 6.21. The maximum atomic E-state index is 11.8. The third-order valence-corrected chi connectivity index (χ3v) is 4.72. The molecule has 1 aliphatic carbocycles. The van der Waals surface area contributed by atoms with Gasteiger partial charge in [0.25, 0.3) is 0 Å². The number of rotatable bonds is 8. The van der Waals surface area contributed by atoms with Crippen LogP contribution in [0.5, 0.6) is 0 Å². The standard InChI is InChI=1S/C15H23N3O3S/c1-2-18(9-14(19)20)13-7-12(8-13)17-15(21)16-5-3-11-4-6-22-10-11/h4,6,10,12-13H,2-3,5,7-9H2,1H3,(H,19,20)(H2,16,17,21). The Balaban J connectivity index is 1.60. The van der Waals surface area contributed by atoms with Crippen LogP contribution in [0.4, 0.5) is 4.79 Å². The lowest BCUT2D eigenvalue weighted by molar-refractivity contribution is -0.139. The minimum Gasteiger partial charge on any atom is -0.480 e. The van der Waals surface area contributed by atoms with Gasteiger partial charge in [0.15, 0.2) is 0 Å². The van der Waals surface area contributed by atoms with Crippen molar-refractivity contribution in [1.82, 2.24) is 15.5 Å². The van der Waals surface area contributed by atoms with Crippen molar-refractivity contribution < 1.29 is 14.7 Å². The Hall–Kier alpha value is -1.60. The molecule has 1 aromatic rings. The van der Waals surface area contributed by atoms with Gasteiger partial charge in [0.2, 0.25) is 0 Å². The minimum atomic E-state index is -0.801. The van der Waals surface area contributed by atoms with Crippen molar-refractivity contribution in [2.75, 3.05) is 19.6 Å². The highest BCUT2D eigenvalue weighted by molar-refractivity contribution is 7.07. The van der Waals surface area contributed by atoms with E-state index < -0.39 is 5.97 Å². The molecule has 0 atom stereocenters. The zero-order valence-corrected chi connectivity index (χ0v) is 13.6. The number of carboxylic acids is 1. The lowest BCUT2D eigenvalue weighted by atomic mass is 9.85. The maximum Gasteiger partial charge on any atom is 0.317 e. The summed E-state index contributed by atoms with van der Waals surface area (Å²) in [6, 6.07) is 2.33. The molecular weight excluding hydrogens is 302 g/mol.